The topological polar surface area (TPSA) is 32.3 Å². The molecule has 0 radical (unpaired) electrons. The molecule has 0 aromatic carbocycles. The molecule has 0 aromatic rings. The Morgan fingerprint density at radius 3 is 2.11 bits per heavy atom. The maximum Gasteiger partial charge on any atom is 0.222 e. The van der Waals surface area contributed by atoms with Gasteiger partial charge >= 0.3 is 0 Å². The molecule has 0 aliphatic rings. The molecule has 0 aromatic heterocycles. The Labute approximate surface area is 60.0 Å². The van der Waals surface area contributed by atoms with E-state index in [0.29, 0.717) is 5.11 Å². The average molecular weight is 146 g/mol. The van der Waals surface area contributed by atoms with Crippen molar-refractivity contribution in [2.75, 3.05) is 14.1 Å². The Balaban J connectivity index is 3.64. The molecule has 9 heavy (non-hydrogen) atoms. The van der Waals surface area contributed by atoms with Crippen LogP contribution in [-0.4, -0.2) is 30.0 Å². The molecule has 0 aliphatic carbocycles. The smallest absolute Gasteiger partial charge is 0.222 e. The fraction of sp³-hybridized carbons (Fsp3) is 0.600. The minimum atomic E-state index is -0.131. The van der Waals surface area contributed by atoms with Crippen LogP contribution >= 0.6 is 12.2 Å². The zero-order chi connectivity index (χ0) is 7.44. The normalized spacial score (nSPS) is 8.33. The number of thiocarbonyl (C=S) groups is 1. The van der Waals surface area contributed by atoms with Crippen molar-refractivity contribution in [3.8, 4) is 0 Å². The second-order valence-corrected chi connectivity index (χ2v) is 2.27. The van der Waals surface area contributed by atoms with Crippen LogP contribution in [0, 0.1) is 0 Å². The number of nitrogens with one attached hydrogen (secondary N) is 1. The summed E-state index contributed by atoms with van der Waals surface area (Å²) in [5, 5.41) is 2.91. The highest BCUT2D eigenvalue weighted by atomic mass is 32.1. The minimum Gasteiger partial charge on any atom is -0.355 e. The van der Waals surface area contributed by atoms with E-state index in [-0.39, 0.29) is 5.91 Å². The lowest BCUT2D eigenvalue weighted by Gasteiger charge is -2.12. The van der Waals surface area contributed by atoms with Gasteiger partial charge in [0.05, 0.1) is 0 Å². The van der Waals surface area contributed by atoms with E-state index >= 15 is 0 Å². The van der Waals surface area contributed by atoms with Gasteiger partial charge in [0, 0.05) is 21.0 Å². The monoisotopic (exact) mass is 146 g/mol. The van der Waals surface area contributed by atoms with Crippen LogP contribution in [0.5, 0.6) is 0 Å². The molecule has 0 spiro atoms. The Kier molecular flexibility index (Phi) is 3.16. The molecule has 1 amide bonds. The van der Waals surface area contributed by atoms with Crippen molar-refractivity contribution in [1.82, 2.24) is 10.2 Å². The number of rotatable bonds is 0. The number of nitrogens with zero attached hydrogens (tertiary/aromatic N) is 1. The van der Waals surface area contributed by atoms with Gasteiger partial charge in [-0.1, -0.05) is 0 Å². The summed E-state index contributed by atoms with van der Waals surface area (Å²) in [6.07, 6.45) is 0. The summed E-state index contributed by atoms with van der Waals surface area (Å²) in [5.74, 6) is -0.131. The predicted octanol–water partition coefficient (Wildman–Crippen LogP) is -0.0310. The highest BCUT2D eigenvalue weighted by molar-refractivity contribution is 7.80. The van der Waals surface area contributed by atoms with E-state index in [2.05, 4.69) is 5.32 Å². The SMILES string of the molecule is CC(=O)NC(=S)N(C)C. The molecule has 0 bridgehead atoms. The van der Waals surface area contributed by atoms with E-state index in [1.165, 1.54) is 6.92 Å². The summed E-state index contributed by atoms with van der Waals surface area (Å²) in [5.41, 5.74) is 0. The van der Waals surface area contributed by atoms with E-state index in [0.717, 1.165) is 0 Å². The first kappa shape index (κ1) is 8.36. The molecule has 0 saturated carbocycles. The van der Waals surface area contributed by atoms with E-state index in [1.807, 2.05) is 0 Å². The molecule has 0 heterocycles. The first-order chi connectivity index (χ1) is 4.04. The van der Waals surface area contributed by atoms with Crippen LogP contribution < -0.4 is 5.32 Å². The second kappa shape index (κ2) is 3.40. The van der Waals surface area contributed by atoms with Gasteiger partial charge in [-0.3, -0.25) is 4.79 Å². The van der Waals surface area contributed by atoms with Crippen molar-refractivity contribution in [2.24, 2.45) is 0 Å². The van der Waals surface area contributed by atoms with Crippen LogP contribution in [0.25, 0.3) is 0 Å². The van der Waals surface area contributed by atoms with E-state index in [4.69, 9.17) is 12.2 Å². The van der Waals surface area contributed by atoms with Crippen molar-refractivity contribution in [3.63, 3.8) is 0 Å². The molecule has 0 atom stereocenters. The summed E-state index contributed by atoms with van der Waals surface area (Å²) >= 11 is 4.75. The standard InChI is InChI=1S/C5H10N2OS/c1-4(8)6-5(9)7(2)3/h1-3H3,(H,6,8,9). The van der Waals surface area contributed by atoms with Crippen LogP contribution in [0.4, 0.5) is 0 Å². The zero-order valence-corrected chi connectivity index (χ0v) is 6.58. The Hall–Kier alpha value is -0.640. The molecule has 0 rings (SSSR count). The largest absolute Gasteiger partial charge is 0.355 e. The molecular formula is C5H10N2OS. The first-order valence-electron chi connectivity index (χ1n) is 2.53. The lowest BCUT2D eigenvalue weighted by atomic mass is 10.7. The molecular weight excluding hydrogens is 136 g/mol. The summed E-state index contributed by atoms with van der Waals surface area (Å²) in [6, 6.07) is 0. The lowest BCUT2D eigenvalue weighted by molar-refractivity contribution is -0.117. The van der Waals surface area contributed by atoms with Gasteiger partial charge in [0.1, 0.15) is 0 Å². The van der Waals surface area contributed by atoms with Gasteiger partial charge in [0.15, 0.2) is 5.11 Å². The minimum absolute atomic E-state index is 0.131. The Morgan fingerprint density at radius 2 is 2.00 bits per heavy atom. The van der Waals surface area contributed by atoms with Crippen molar-refractivity contribution < 1.29 is 4.79 Å². The molecule has 52 valence electrons. The number of hydrogen-bond donors (Lipinski definition) is 1. The average Bonchev–Trinajstić information content (AvgIpc) is 1.63. The molecule has 3 nitrogen and oxygen atoms in total. The molecule has 1 N–H and O–H groups in total. The highest BCUT2D eigenvalue weighted by Gasteiger charge is 1.97. The second-order valence-electron chi connectivity index (χ2n) is 1.88. The lowest BCUT2D eigenvalue weighted by Crippen LogP contribution is -2.36. The summed E-state index contributed by atoms with van der Waals surface area (Å²) in [7, 11) is 3.55. The van der Waals surface area contributed by atoms with Crippen LogP contribution in [-0.2, 0) is 4.79 Å². The van der Waals surface area contributed by atoms with Crippen molar-refractivity contribution in [3.05, 3.63) is 0 Å². The number of carbonyl (C=O) groups is 1. The maximum absolute atomic E-state index is 10.3. The van der Waals surface area contributed by atoms with Crippen molar-refractivity contribution >= 4 is 23.2 Å². The van der Waals surface area contributed by atoms with Gasteiger partial charge in [-0.2, -0.15) is 0 Å². The van der Waals surface area contributed by atoms with Crippen molar-refractivity contribution in [2.45, 2.75) is 6.92 Å². The number of hydrogen-bond acceptors (Lipinski definition) is 2. The third kappa shape index (κ3) is 3.90. The Morgan fingerprint density at radius 1 is 1.56 bits per heavy atom. The number of amides is 1. The van der Waals surface area contributed by atoms with E-state index in [9.17, 15) is 4.79 Å². The fourth-order valence-electron chi connectivity index (χ4n) is 0.262. The van der Waals surface area contributed by atoms with Gasteiger partial charge in [-0.25, -0.2) is 0 Å². The van der Waals surface area contributed by atoms with Crippen LogP contribution in [0.3, 0.4) is 0 Å². The molecule has 0 fully saturated rings. The molecule has 4 heteroatoms. The maximum atomic E-state index is 10.3. The zero-order valence-electron chi connectivity index (χ0n) is 5.76. The quantitative estimate of drug-likeness (QED) is 0.487. The predicted molar refractivity (Wildman–Crippen MR) is 40.1 cm³/mol. The summed E-state index contributed by atoms with van der Waals surface area (Å²) < 4.78 is 0. The van der Waals surface area contributed by atoms with Gasteiger partial charge in [-0.15, -0.1) is 0 Å². The Bertz CT molecular complexity index is 133. The van der Waals surface area contributed by atoms with Crippen LogP contribution in [0.15, 0.2) is 0 Å². The van der Waals surface area contributed by atoms with Gasteiger partial charge < -0.3 is 10.2 Å². The van der Waals surface area contributed by atoms with E-state index < -0.39 is 0 Å². The van der Waals surface area contributed by atoms with Gasteiger partial charge in [-0.05, 0) is 12.2 Å². The highest BCUT2D eigenvalue weighted by Crippen LogP contribution is 1.76. The van der Waals surface area contributed by atoms with Crippen LogP contribution in [0.2, 0.25) is 0 Å². The van der Waals surface area contributed by atoms with E-state index in [1.54, 1.807) is 19.0 Å². The fourth-order valence-corrected chi connectivity index (χ4v) is 0.406. The molecule has 0 aliphatic heterocycles. The van der Waals surface area contributed by atoms with Crippen LogP contribution in [0.1, 0.15) is 6.92 Å². The van der Waals surface area contributed by atoms with Gasteiger partial charge in [0.25, 0.3) is 0 Å². The third-order valence-corrected chi connectivity index (χ3v) is 1.16. The van der Waals surface area contributed by atoms with Crippen molar-refractivity contribution in [1.29, 1.82) is 0 Å². The molecule has 0 saturated heterocycles. The summed E-state index contributed by atoms with van der Waals surface area (Å²) in [4.78, 5) is 12.0. The third-order valence-electron chi connectivity index (χ3n) is 0.689. The molecule has 0 unspecified atom stereocenters. The van der Waals surface area contributed by atoms with Gasteiger partial charge in [0.2, 0.25) is 5.91 Å². The first-order valence-corrected chi connectivity index (χ1v) is 2.93. The number of carbonyl (C=O) groups excluding carboxylic acids is 1. The summed E-state index contributed by atoms with van der Waals surface area (Å²) in [6.45, 7) is 1.43.